The Morgan fingerprint density at radius 2 is 1.74 bits per heavy atom. The first-order valence-corrected chi connectivity index (χ1v) is 8.83. The number of hydrogen-bond acceptors (Lipinski definition) is 4. The quantitative estimate of drug-likeness (QED) is 0.674. The Morgan fingerprint density at radius 3 is 2.26 bits per heavy atom. The number of halogens is 3. The third kappa shape index (κ3) is 4.91. The molecule has 150 valence electrons. The third-order valence-electron chi connectivity index (χ3n) is 4.48. The topological polar surface area (TPSA) is 87.7 Å². The molecule has 0 bridgehead atoms. The van der Waals surface area contributed by atoms with Gasteiger partial charge in [-0.15, -0.1) is 0 Å². The second-order valence-corrected chi connectivity index (χ2v) is 6.44. The molecule has 1 aliphatic carbocycles. The molecule has 0 saturated heterocycles. The first-order valence-electron chi connectivity index (χ1n) is 8.83. The molecule has 9 heteroatoms. The van der Waals surface area contributed by atoms with Crippen molar-refractivity contribution in [2.24, 2.45) is 0 Å². The van der Waals surface area contributed by atoms with E-state index in [-0.39, 0.29) is 18.3 Å². The average Bonchev–Trinajstić information content (AvgIpc) is 2.61. The summed E-state index contributed by atoms with van der Waals surface area (Å²) in [6.07, 6.45) is -0.238. The van der Waals surface area contributed by atoms with Crippen LogP contribution in [-0.2, 0) is 15.1 Å². The zero-order valence-electron chi connectivity index (χ0n) is 14.9. The van der Waals surface area contributed by atoms with Gasteiger partial charge in [-0.2, -0.15) is 13.2 Å². The van der Waals surface area contributed by atoms with Crippen molar-refractivity contribution in [1.82, 2.24) is 5.32 Å². The second kappa shape index (κ2) is 8.60. The number of aliphatic hydroxyl groups is 1. The van der Waals surface area contributed by atoms with Gasteiger partial charge in [0, 0.05) is 17.3 Å². The molecule has 1 aliphatic rings. The van der Waals surface area contributed by atoms with Crippen molar-refractivity contribution in [3.05, 3.63) is 29.8 Å². The number of anilines is 1. The zero-order chi connectivity index (χ0) is 20.1. The Morgan fingerprint density at radius 1 is 1.15 bits per heavy atom. The summed E-state index contributed by atoms with van der Waals surface area (Å²) in [4.78, 5) is 23.7. The van der Waals surface area contributed by atoms with Crippen LogP contribution >= 0.6 is 0 Å². The number of ether oxygens (including phenoxy) is 1. The van der Waals surface area contributed by atoms with Crippen LogP contribution in [0.15, 0.2) is 24.3 Å². The number of nitrogens with one attached hydrogen (secondary N) is 2. The van der Waals surface area contributed by atoms with E-state index in [4.69, 9.17) is 0 Å². The molecule has 2 amide bonds. The van der Waals surface area contributed by atoms with Gasteiger partial charge in [0.15, 0.2) is 0 Å². The molecular formula is C18H23F3N2O4. The van der Waals surface area contributed by atoms with E-state index < -0.39 is 29.3 Å². The molecule has 1 saturated carbocycles. The fraction of sp³-hybridized carbons (Fsp3) is 0.556. The van der Waals surface area contributed by atoms with E-state index in [1.807, 2.05) is 0 Å². The number of rotatable bonds is 5. The number of hydrogen-bond donors (Lipinski definition) is 3. The van der Waals surface area contributed by atoms with E-state index in [0.717, 1.165) is 44.2 Å². The predicted molar refractivity (Wildman–Crippen MR) is 92.1 cm³/mol. The molecule has 1 aromatic rings. The van der Waals surface area contributed by atoms with E-state index in [1.54, 1.807) is 0 Å². The molecular weight excluding hydrogens is 365 g/mol. The van der Waals surface area contributed by atoms with Gasteiger partial charge in [0.05, 0.1) is 6.61 Å². The monoisotopic (exact) mass is 388 g/mol. The smallest absolute Gasteiger partial charge is 0.432 e. The highest BCUT2D eigenvalue weighted by Gasteiger charge is 2.62. The molecule has 0 aliphatic heterocycles. The van der Waals surface area contributed by atoms with Gasteiger partial charge in [-0.1, -0.05) is 31.4 Å². The lowest BCUT2D eigenvalue weighted by Gasteiger charge is -2.28. The molecule has 27 heavy (non-hydrogen) atoms. The third-order valence-corrected chi connectivity index (χ3v) is 4.48. The molecule has 1 aromatic carbocycles. The highest BCUT2D eigenvalue weighted by atomic mass is 19.4. The van der Waals surface area contributed by atoms with Gasteiger partial charge < -0.3 is 20.5 Å². The Bertz CT molecular complexity index is 658. The minimum atomic E-state index is -5.26. The zero-order valence-corrected chi connectivity index (χ0v) is 14.9. The number of alkyl halides is 3. The van der Waals surface area contributed by atoms with Crippen molar-refractivity contribution < 1.29 is 32.6 Å². The summed E-state index contributed by atoms with van der Waals surface area (Å²) in [6, 6.07) is 3.86. The van der Waals surface area contributed by atoms with Gasteiger partial charge in [-0.05, 0) is 31.9 Å². The van der Waals surface area contributed by atoms with E-state index in [2.05, 4.69) is 15.4 Å². The van der Waals surface area contributed by atoms with Crippen molar-refractivity contribution in [1.29, 1.82) is 0 Å². The maximum atomic E-state index is 13.3. The summed E-state index contributed by atoms with van der Waals surface area (Å²) in [6.45, 7) is 1.03. The van der Waals surface area contributed by atoms with Gasteiger partial charge in [-0.3, -0.25) is 0 Å². The van der Waals surface area contributed by atoms with Crippen LogP contribution in [0.25, 0.3) is 0 Å². The second-order valence-electron chi connectivity index (χ2n) is 6.44. The normalized spacial score (nSPS) is 17.7. The average molecular weight is 388 g/mol. The summed E-state index contributed by atoms with van der Waals surface area (Å²) in [5, 5.41) is 15.4. The standard InChI is InChI=1S/C18H23F3N2O4/c1-2-27-15(24)17(26,18(19,20)21)12-8-10-14(11-9-12)23-16(25)22-13-6-4-3-5-7-13/h8-11,13,26H,2-7H2,1H3,(H2,22,23,25)/t17-/m1/s1. The Kier molecular flexibility index (Phi) is 6.69. The van der Waals surface area contributed by atoms with E-state index in [9.17, 15) is 27.9 Å². The van der Waals surface area contributed by atoms with Crippen molar-refractivity contribution in [3.8, 4) is 0 Å². The van der Waals surface area contributed by atoms with Gasteiger partial charge in [0.25, 0.3) is 5.60 Å². The van der Waals surface area contributed by atoms with Crippen molar-refractivity contribution in [2.75, 3.05) is 11.9 Å². The molecule has 0 unspecified atom stereocenters. The molecule has 0 radical (unpaired) electrons. The number of carbonyl (C=O) groups is 2. The van der Waals surface area contributed by atoms with Crippen LogP contribution in [-0.4, -0.2) is 35.9 Å². The molecule has 6 nitrogen and oxygen atoms in total. The number of urea groups is 1. The van der Waals surface area contributed by atoms with Crippen LogP contribution in [0.5, 0.6) is 0 Å². The summed E-state index contributed by atoms with van der Waals surface area (Å²) < 4.78 is 44.3. The van der Waals surface area contributed by atoms with E-state index in [0.29, 0.717) is 0 Å². The number of carbonyl (C=O) groups excluding carboxylic acids is 2. The van der Waals surface area contributed by atoms with Crippen LogP contribution in [0.2, 0.25) is 0 Å². The fourth-order valence-electron chi connectivity index (χ4n) is 3.03. The van der Waals surface area contributed by atoms with Crippen LogP contribution in [0.1, 0.15) is 44.6 Å². The maximum absolute atomic E-state index is 13.3. The molecule has 2 rings (SSSR count). The Hall–Kier alpha value is -2.29. The fourth-order valence-corrected chi connectivity index (χ4v) is 3.03. The molecule has 1 fully saturated rings. The predicted octanol–water partition coefficient (Wildman–Crippen LogP) is 3.45. The molecule has 0 spiro atoms. The van der Waals surface area contributed by atoms with E-state index >= 15 is 0 Å². The van der Waals surface area contributed by atoms with Crippen molar-refractivity contribution in [3.63, 3.8) is 0 Å². The number of benzene rings is 1. The molecule has 3 N–H and O–H groups in total. The van der Waals surface area contributed by atoms with Crippen LogP contribution in [0, 0.1) is 0 Å². The van der Waals surface area contributed by atoms with E-state index in [1.165, 1.54) is 19.1 Å². The lowest BCUT2D eigenvalue weighted by Crippen LogP contribution is -2.50. The van der Waals surface area contributed by atoms with Gasteiger partial charge in [0.1, 0.15) is 0 Å². The van der Waals surface area contributed by atoms with Crippen LogP contribution < -0.4 is 10.6 Å². The lowest BCUT2D eigenvalue weighted by atomic mass is 9.93. The summed E-state index contributed by atoms with van der Waals surface area (Å²) in [5.74, 6) is -1.80. The minimum absolute atomic E-state index is 0.0807. The number of esters is 1. The maximum Gasteiger partial charge on any atom is 0.432 e. The summed E-state index contributed by atoms with van der Waals surface area (Å²) in [5.41, 5.74) is -4.22. The van der Waals surface area contributed by atoms with Gasteiger partial charge in [0.2, 0.25) is 0 Å². The van der Waals surface area contributed by atoms with Crippen LogP contribution in [0.3, 0.4) is 0 Å². The molecule has 1 atom stereocenters. The summed E-state index contributed by atoms with van der Waals surface area (Å²) in [7, 11) is 0. The highest BCUT2D eigenvalue weighted by Crippen LogP contribution is 2.40. The van der Waals surface area contributed by atoms with Crippen molar-refractivity contribution >= 4 is 17.7 Å². The van der Waals surface area contributed by atoms with Gasteiger partial charge in [-0.25, -0.2) is 9.59 Å². The highest BCUT2D eigenvalue weighted by molar-refractivity contribution is 5.89. The largest absolute Gasteiger partial charge is 0.463 e. The van der Waals surface area contributed by atoms with Crippen LogP contribution in [0.4, 0.5) is 23.7 Å². The molecule has 0 heterocycles. The molecule has 0 aromatic heterocycles. The number of amides is 2. The van der Waals surface area contributed by atoms with Crippen molar-refractivity contribution in [2.45, 2.75) is 56.8 Å². The first-order chi connectivity index (χ1) is 12.7. The lowest BCUT2D eigenvalue weighted by molar-refractivity contribution is -0.267. The minimum Gasteiger partial charge on any atom is -0.463 e. The summed E-state index contributed by atoms with van der Waals surface area (Å²) >= 11 is 0. The first kappa shape index (κ1) is 21.0. The Labute approximate surface area is 155 Å². The Balaban J connectivity index is 2.09. The van der Waals surface area contributed by atoms with Gasteiger partial charge >= 0.3 is 18.2 Å². The SMILES string of the molecule is CCOC(=O)[C@](O)(c1ccc(NC(=O)NC2CCCCC2)cc1)C(F)(F)F.